The number of alkyl halides is 2. The van der Waals surface area contributed by atoms with E-state index in [1.165, 1.54) is 12.1 Å². The molecule has 6 heteroatoms. The third-order valence-corrected chi connectivity index (χ3v) is 3.29. The number of anilines is 1. The Balaban J connectivity index is 2.07. The van der Waals surface area contributed by atoms with Crippen LogP contribution in [0.1, 0.15) is 18.5 Å². The van der Waals surface area contributed by atoms with E-state index in [4.69, 9.17) is 23.2 Å². The van der Waals surface area contributed by atoms with E-state index < -0.39 is 6.61 Å². The number of halogens is 4. The van der Waals surface area contributed by atoms with Crippen LogP contribution in [0.3, 0.4) is 0 Å². The Morgan fingerprint density at radius 3 is 2.10 bits per heavy atom. The highest BCUT2D eigenvalue weighted by Crippen LogP contribution is 2.27. The maximum Gasteiger partial charge on any atom is 0.387 e. The van der Waals surface area contributed by atoms with Gasteiger partial charge in [-0.2, -0.15) is 8.78 Å². The smallest absolute Gasteiger partial charge is 0.387 e. The molecule has 1 atom stereocenters. The van der Waals surface area contributed by atoms with Gasteiger partial charge in [-0.1, -0.05) is 35.3 Å². The van der Waals surface area contributed by atoms with Crippen molar-refractivity contribution in [2.24, 2.45) is 0 Å². The summed E-state index contributed by atoms with van der Waals surface area (Å²) in [6.07, 6.45) is 0. The number of hydrogen-bond donors (Lipinski definition) is 1. The molecule has 21 heavy (non-hydrogen) atoms. The largest absolute Gasteiger partial charge is 0.435 e. The molecule has 0 spiro atoms. The molecule has 0 bridgehead atoms. The molecule has 2 aromatic carbocycles. The predicted octanol–water partition coefficient (Wildman–Crippen LogP) is 5.77. The third kappa shape index (κ3) is 4.76. The number of hydrogen-bond acceptors (Lipinski definition) is 2. The molecule has 2 aromatic rings. The molecule has 0 saturated carbocycles. The Labute approximate surface area is 131 Å². The van der Waals surface area contributed by atoms with Gasteiger partial charge in [0.25, 0.3) is 0 Å². The molecule has 0 aliphatic heterocycles. The van der Waals surface area contributed by atoms with Gasteiger partial charge in [0.05, 0.1) is 0 Å². The van der Waals surface area contributed by atoms with Crippen LogP contribution in [0, 0.1) is 0 Å². The second-order valence-corrected chi connectivity index (χ2v) is 5.34. The van der Waals surface area contributed by atoms with E-state index in [0.717, 1.165) is 11.3 Å². The minimum Gasteiger partial charge on any atom is -0.435 e. The molecule has 0 aliphatic carbocycles. The van der Waals surface area contributed by atoms with Gasteiger partial charge in [-0.3, -0.25) is 0 Å². The highest BCUT2D eigenvalue weighted by Gasteiger charge is 2.08. The van der Waals surface area contributed by atoms with Crippen LogP contribution in [0.4, 0.5) is 14.5 Å². The fraction of sp³-hybridized carbons (Fsp3) is 0.200. The van der Waals surface area contributed by atoms with E-state index in [9.17, 15) is 8.78 Å². The van der Waals surface area contributed by atoms with Crippen molar-refractivity contribution < 1.29 is 13.5 Å². The summed E-state index contributed by atoms with van der Waals surface area (Å²) in [4.78, 5) is 0. The molecule has 2 rings (SSSR count). The van der Waals surface area contributed by atoms with Crippen molar-refractivity contribution in [1.29, 1.82) is 0 Å². The zero-order chi connectivity index (χ0) is 15.4. The van der Waals surface area contributed by atoms with Crippen molar-refractivity contribution in [3.8, 4) is 5.75 Å². The number of ether oxygens (including phenoxy) is 1. The van der Waals surface area contributed by atoms with Crippen molar-refractivity contribution >= 4 is 28.9 Å². The zero-order valence-corrected chi connectivity index (χ0v) is 12.6. The highest BCUT2D eigenvalue weighted by atomic mass is 35.5. The molecule has 0 aromatic heterocycles. The fourth-order valence-corrected chi connectivity index (χ4v) is 2.43. The molecule has 1 N–H and O–H groups in total. The van der Waals surface area contributed by atoms with E-state index in [1.807, 2.05) is 6.92 Å². The fourth-order valence-electron chi connectivity index (χ4n) is 1.91. The van der Waals surface area contributed by atoms with Gasteiger partial charge in [0.15, 0.2) is 0 Å². The first kappa shape index (κ1) is 15.9. The Hall–Kier alpha value is -1.52. The monoisotopic (exact) mass is 331 g/mol. The Morgan fingerprint density at radius 2 is 1.57 bits per heavy atom. The summed E-state index contributed by atoms with van der Waals surface area (Å²) in [7, 11) is 0. The summed E-state index contributed by atoms with van der Waals surface area (Å²) >= 11 is 11.9. The molecular formula is C15H13Cl2F2NO. The molecular weight excluding hydrogens is 319 g/mol. The first-order chi connectivity index (χ1) is 9.94. The van der Waals surface area contributed by atoms with Crippen LogP contribution in [-0.2, 0) is 0 Å². The lowest BCUT2D eigenvalue weighted by molar-refractivity contribution is -0.0498. The van der Waals surface area contributed by atoms with Crippen LogP contribution in [0.5, 0.6) is 5.75 Å². The maximum absolute atomic E-state index is 12.1. The Kier molecular flexibility index (Phi) is 5.26. The molecule has 0 saturated heterocycles. The minimum absolute atomic E-state index is 0.0415. The second kappa shape index (κ2) is 6.96. The standard InChI is InChI=1S/C15H13Cl2F2NO/c1-9(20-13-7-11(16)6-12(17)8-13)10-2-4-14(5-3-10)21-15(18)19/h2-9,15,20H,1H3. The van der Waals surface area contributed by atoms with Gasteiger partial charge in [-0.25, -0.2) is 0 Å². The SMILES string of the molecule is CC(Nc1cc(Cl)cc(Cl)c1)c1ccc(OC(F)F)cc1. The molecule has 0 radical (unpaired) electrons. The molecule has 1 unspecified atom stereocenters. The van der Waals surface area contributed by atoms with Crippen LogP contribution in [0.15, 0.2) is 42.5 Å². The molecule has 112 valence electrons. The van der Waals surface area contributed by atoms with Crippen LogP contribution in [0.25, 0.3) is 0 Å². The quantitative estimate of drug-likeness (QED) is 0.751. The predicted molar refractivity (Wildman–Crippen MR) is 81.6 cm³/mol. The van der Waals surface area contributed by atoms with Gasteiger partial charge in [-0.05, 0) is 42.8 Å². The van der Waals surface area contributed by atoms with Crippen molar-refractivity contribution in [2.75, 3.05) is 5.32 Å². The van der Waals surface area contributed by atoms with Crippen molar-refractivity contribution in [2.45, 2.75) is 19.6 Å². The summed E-state index contributed by atoms with van der Waals surface area (Å²) in [6.45, 7) is -0.877. The second-order valence-electron chi connectivity index (χ2n) is 4.47. The molecule has 0 fully saturated rings. The third-order valence-electron chi connectivity index (χ3n) is 2.85. The van der Waals surface area contributed by atoms with Crippen LogP contribution in [-0.4, -0.2) is 6.61 Å². The van der Waals surface area contributed by atoms with E-state index in [2.05, 4.69) is 10.1 Å². The Bertz CT molecular complexity index is 585. The van der Waals surface area contributed by atoms with Crippen LogP contribution < -0.4 is 10.1 Å². The summed E-state index contributed by atoms with van der Waals surface area (Å²) < 4.78 is 28.5. The van der Waals surface area contributed by atoms with E-state index in [0.29, 0.717) is 10.0 Å². The molecule has 2 nitrogen and oxygen atoms in total. The summed E-state index contributed by atoms with van der Waals surface area (Å²) in [6, 6.07) is 11.6. The number of rotatable bonds is 5. The molecule has 0 heterocycles. The molecule has 0 amide bonds. The average Bonchev–Trinajstić information content (AvgIpc) is 2.37. The van der Waals surface area contributed by atoms with Crippen molar-refractivity contribution in [3.63, 3.8) is 0 Å². The summed E-state index contributed by atoms with van der Waals surface area (Å²) in [5, 5.41) is 4.32. The zero-order valence-electron chi connectivity index (χ0n) is 11.1. The lowest BCUT2D eigenvalue weighted by Gasteiger charge is -2.16. The lowest BCUT2D eigenvalue weighted by Crippen LogP contribution is -2.07. The van der Waals surface area contributed by atoms with Crippen molar-refractivity contribution in [3.05, 3.63) is 58.1 Å². The first-order valence-corrected chi connectivity index (χ1v) is 6.97. The Morgan fingerprint density at radius 1 is 1.00 bits per heavy atom. The van der Waals surface area contributed by atoms with Gasteiger partial charge < -0.3 is 10.1 Å². The number of nitrogens with one attached hydrogen (secondary N) is 1. The summed E-state index contributed by atoms with van der Waals surface area (Å²) in [5.41, 5.74) is 1.71. The average molecular weight is 332 g/mol. The van der Waals surface area contributed by atoms with Crippen LogP contribution in [0.2, 0.25) is 10.0 Å². The maximum atomic E-state index is 12.1. The number of benzene rings is 2. The lowest BCUT2D eigenvalue weighted by atomic mass is 10.1. The van der Waals surface area contributed by atoms with Gasteiger partial charge in [-0.15, -0.1) is 0 Å². The van der Waals surface area contributed by atoms with E-state index in [-0.39, 0.29) is 11.8 Å². The first-order valence-electron chi connectivity index (χ1n) is 6.21. The topological polar surface area (TPSA) is 21.3 Å². The van der Waals surface area contributed by atoms with Gasteiger partial charge in [0.2, 0.25) is 0 Å². The minimum atomic E-state index is -2.82. The van der Waals surface area contributed by atoms with E-state index in [1.54, 1.807) is 30.3 Å². The van der Waals surface area contributed by atoms with Crippen molar-refractivity contribution in [1.82, 2.24) is 0 Å². The van der Waals surface area contributed by atoms with Crippen LogP contribution >= 0.6 is 23.2 Å². The van der Waals surface area contributed by atoms with Gasteiger partial charge in [0.1, 0.15) is 5.75 Å². The molecule has 0 aliphatic rings. The summed E-state index contributed by atoms with van der Waals surface area (Å²) in [5.74, 6) is 0.131. The highest BCUT2D eigenvalue weighted by molar-refractivity contribution is 6.35. The van der Waals surface area contributed by atoms with Gasteiger partial charge >= 0.3 is 6.61 Å². The van der Waals surface area contributed by atoms with E-state index >= 15 is 0 Å². The van der Waals surface area contributed by atoms with Gasteiger partial charge in [0, 0.05) is 21.8 Å². The normalized spacial score (nSPS) is 12.3.